The Hall–Kier alpha value is -0.110. The van der Waals surface area contributed by atoms with Crippen molar-refractivity contribution in [1.82, 2.24) is 0 Å². The molecule has 1 aromatic rings. The van der Waals surface area contributed by atoms with Crippen LogP contribution in [0, 0.1) is 6.92 Å². The molecule has 0 radical (unpaired) electrons. The van der Waals surface area contributed by atoms with E-state index >= 15 is 0 Å². The third kappa shape index (κ3) is 1.56. The van der Waals surface area contributed by atoms with E-state index in [1.807, 2.05) is 0 Å². The largest absolute Gasteiger partial charge is 0.506 e. The lowest BCUT2D eigenvalue weighted by Crippen LogP contribution is -1.79. The summed E-state index contributed by atoms with van der Waals surface area (Å²) >= 11 is 17.0. The molecule has 1 rings (SSSR count). The van der Waals surface area contributed by atoms with Gasteiger partial charge < -0.3 is 5.11 Å². The van der Waals surface area contributed by atoms with Crippen molar-refractivity contribution in [1.29, 1.82) is 0 Å². The van der Waals surface area contributed by atoms with Crippen molar-refractivity contribution in [3.63, 3.8) is 0 Å². The van der Waals surface area contributed by atoms with Crippen LogP contribution in [0.5, 0.6) is 5.75 Å². The Morgan fingerprint density at radius 3 is 2.27 bits per heavy atom. The summed E-state index contributed by atoms with van der Waals surface area (Å²) in [6, 6.07) is 1.37. The van der Waals surface area contributed by atoms with Crippen LogP contribution in [0.1, 0.15) is 5.56 Å². The summed E-state index contributed by atoms with van der Waals surface area (Å²) in [5.41, 5.74) is 0.677. The Balaban J connectivity index is 3.46. The quantitative estimate of drug-likeness (QED) is 0.649. The Morgan fingerprint density at radius 1 is 1.18 bits per heavy atom. The molecule has 1 aromatic carbocycles. The predicted octanol–water partition coefficient (Wildman–Crippen LogP) is 3.66. The maximum absolute atomic E-state index is 9.10. The second kappa shape index (κ2) is 3.10. The Labute approximate surface area is 79.5 Å². The molecule has 0 heterocycles. The van der Waals surface area contributed by atoms with Crippen LogP contribution in [0.25, 0.3) is 0 Å². The third-order valence-electron chi connectivity index (χ3n) is 1.37. The zero-order valence-corrected chi connectivity index (χ0v) is 7.93. The fraction of sp³-hybridized carbons (Fsp3) is 0.143. The molecule has 0 aliphatic rings. The predicted molar refractivity (Wildman–Crippen MR) is 47.9 cm³/mol. The molecule has 4 heteroatoms. The van der Waals surface area contributed by atoms with E-state index in [0.717, 1.165) is 0 Å². The first-order valence-corrected chi connectivity index (χ1v) is 4.00. The van der Waals surface area contributed by atoms with Crippen LogP contribution < -0.4 is 0 Å². The van der Waals surface area contributed by atoms with Crippen LogP contribution in [-0.2, 0) is 0 Å². The zero-order valence-electron chi connectivity index (χ0n) is 5.66. The van der Waals surface area contributed by atoms with Gasteiger partial charge in [-0.2, -0.15) is 0 Å². The molecule has 0 spiro atoms. The normalized spacial score (nSPS) is 10.2. The van der Waals surface area contributed by atoms with E-state index in [1.165, 1.54) is 6.07 Å². The van der Waals surface area contributed by atoms with E-state index in [1.54, 1.807) is 6.92 Å². The molecule has 0 aliphatic heterocycles. The van der Waals surface area contributed by atoms with Gasteiger partial charge in [-0.25, -0.2) is 0 Å². The number of aromatic hydroxyl groups is 1. The Morgan fingerprint density at radius 2 is 1.73 bits per heavy atom. The molecule has 60 valence electrons. The highest BCUT2D eigenvalue weighted by molar-refractivity contribution is 6.44. The molecular formula is C7H5Cl3O. The second-order valence-electron chi connectivity index (χ2n) is 2.13. The highest BCUT2D eigenvalue weighted by Gasteiger charge is 2.09. The monoisotopic (exact) mass is 210 g/mol. The van der Waals surface area contributed by atoms with Crippen molar-refractivity contribution in [2.24, 2.45) is 0 Å². The van der Waals surface area contributed by atoms with Crippen molar-refractivity contribution in [2.75, 3.05) is 0 Å². The summed E-state index contributed by atoms with van der Waals surface area (Å²) < 4.78 is 0. The molecule has 0 aliphatic carbocycles. The van der Waals surface area contributed by atoms with Crippen molar-refractivity contribution in [3.05, 3.63) is 26.7 Å². The summed E-state index contributed by atoms with van der Waals surface area (Å²) in [4.78, 5) is 0. The highest BCUT2D eigenvalue weighted by atomic mass is 35.5. The number of hydrogen-bond acceptors (Lipinski definition) is 1. The average Bonchev–Trinajstić information content (AvgIpc) is 1.97. The standard InChI is InChI=1S/C7H5Cl3O/c1-3-4(8)2-5(11)7(10)6(3)9/h2,11H,1H3. The van der Waals surface area contributed by atoms with Gasteiger partial charge in [0, 0.05) is 11.1 Å². The van der Waals surface area contributed by atoms with Gasteiger partial charge in [0.2, 0.25) is 0 Å². The van der Waals surface area contributed by atoms with Gasteiger partial charge in [0.25, 0.3) is 0 Å². The van der Waals surface area contributed by atoms with E-state index in [4.69, 9.17) is 39.9 Å². The lowest BCUT2D eigenvalue weighted by molar-refractivity contribution is 0.475. The van der Waals surface area contributed by atoms with Crippen molar-refractivity contribution >= 4 is 34.8 Å². The lowest BCUT2D eigenvalue weighted by atomic mass is 10.2. The van der Waals surface area contributed by atoms with Gasteiger partial charge in [-0.1, -0.05) is 34.8 Å². The van der Waals surface area contributed by atoms with E-state index < -0.39 is 0 Å². The second-order valence-corrected chi connectivity index (χ2v) is 3.29. The number of phenols is 1. The van der Waals surface area contributed by atoms with Crippen LogP contribution in [0.2, 0.25) is 15.1 Å². The van der Waals surface area contributed by atoms with Gasteiger partial charge in [0.15, 0.2) is 0 Å². The van der Waals surface area contributed by atoms with E-state index in [2.05, 4.69) is 0 Å². The fourth-order valence-electron chi connectivity index (χ4n) is 0.674. The number of benzene rings is 1. The van der Waals surface area contributed by atoms with Crippen molar-refractivity contribution in [3.8, 4) is 5.75 Å². The van der Waals surface area contributed by atoms with Gasteiger partial charge in [-0.3, -0.25) is 0 Å². The minimum Gasteiger partial charge on any atom is -0.506 e. The van der Waals surface area contributed by atoms with Crippen LogP contribution >= 0.6 is 34.8 Å². The van der Waals surface area contributed by atoms with Gasteiger partial charge in [0.1, 0.15) is 10.8 Å². The van der Waals surface area contributed by atoms with E-state index in [9.17, 15) is 0 Å². The molecule has 0 fully saturated rings. The van der Waals surface area contributed by atoms with Gasteiger partial charge in [-0.15, -0.1) is 0 Å². The highest BCUT2D eigenvalue weighted by Crippen LogP contribution is 2.37. The van der Waals surface area contributed by atoms with E-state index in [0.29, 0.717) is 15.6 Å². The average molecular weight is 211 g/mol. The topological polar surface area (TPSA) is 20.2 Å². The zero-order chi connectivity index (χ0) is 8.59. The van der Waals surface area contributed by atoms with Gasteiger partial charge in [0.05, 0.1) is 5.02 Å². The summed E-state index contributed by atoms with van der Waals surface area (Å²) in [6.45, 7) is 1.73. The number of rotatable bonds is 0. The van der Waals surface area contributed by atoms with Crippen LogP contribution in [0.3, 0.4) is 0 Å². The minimum atomic E-state index is -0.0905. The summed E-state index contributed by atoms with van der Waals surface area (Å²) in [5, 5.41) is 9.97. The number of hydrogen-bond donors (Lipinski definition) is 1. The third-order valence-corrected chi connectivity index (χ3v) is 2.71. The molecule has 1 nitrogen and oxygen atoms in total. The molecule has 11 heavy (non-hydrogen) atoms. The first-order valence-electron chi connectivity index (χ1n) is 2.87. The fourth-order valence-corrected chi connectivity index (χ4v) is 1.31. The van der Waals surface area contributed by atoms with Gasteiger partial charge >= 0.3 is 0 Å². The number of phenolic OH excluding ortho intramolecular Hbond substituents is 1. The summed E-state index contributed by atoms with van der Waals surface area (Å²) in [5.74, 6) is -0.0905. The first-order chi connectivity index (χ1) is 5.04. The Kier molecular flexibility index (Phi) is 2.53. The van der Waals surface area contributed by atoms with Crippen LogP contribution in [0.15, 0.2) is 6.07 Å². The molecule has 0 saturated heterocycles. The molecule has 0 bridgehead atoms. The van der Waals surface area contributed by atoms with Crippen molar-refractivity contribution < 1.29 is 5.11 Å². The molecule has 0 unspecified atom stereocenters. The summed E-state index contributed by atoms with van der Waals surface area (Å²) in [7, 11) is 0. The van der Waals surface area contributed by atoms with Crippen LogP contribution in [-0.4, -0.2) is 5.11 Å². The molecule has 0 atom stereocenters. The maximum atomic E-state index is 9.10. The molecule has 0 aromatic heterocycles. The Bertz CT molecular complexity index is 270. The maximum Gasteiger partial charge on any atom is 0.137 e. The molecule has 1 N–H and O–H groups in total. The van der Waals surface area contributed by atoms with Crippen molar-refractivity contribution in [2.45, 2.75) is 6.92 Å². The summed E-state index contributed by atoms with van der Waals surface area (Å²) in [6.07, 6.45) is 0. The van der Waals surface area contributed by atoms with Crippen LogP contribution in [0.4, 0.5) is 0 Å². The molecule has 0 saturated carbocycles. The SMILES string of the molecule is Cc1c(Cl)cc(O)c(Cl)c1Cl. The van der Waals surface area contributed by atoms with Gasteiger partial charge in [-0.05, 0) is 12.5 Å². The molecule has 0 amide bonds. The number of halogens is 3. The minimum absolute atomic E-state index is 0.0905. The first kappa shape index (κ1) is 8.98. The lowest BCUT2D eigenvalue weighted by Gasteiger charge is -2.04. The van der Waals surface area contributed by atoms with E-state index in [-0.39, 0.29) is 10.8 Å². The molecular weight excluding hydrogens is 206 g/mol. The smallest absolute Gasteiger partial charge is 0.137 e.